The lowest BCUT2D eigenvalue weighted by Gasteiger charge is -2.40. The van der Waals surface area contributed by atoms with Crippen LogP contribution in [0.3, 0.4) is 0 Å². The molecule has 2 aliphatic rings. The summed E-state index contributed by atoms with van der Waals surface area (Å²) in [7, 11) is 0. The van der Waals surface area contributed by atoms with Gasteiger partial charge in [-0.1, -0.05) is 25.1 Å². The number of aromatic nitrogens is 3. The Morgan fingerprint density at radius 2 is 1.77 bits per heavy atom. The maximum absolute atomic E-state index is 4.81. The molecule has 1 unspecified atom stereocenters. The van der Waals surface area contributed by atoms with Gasteiger partial charge in [0.2, 0.25) is 0 Å². The molecule has 2 aliphatic heterocycles. The highest BCUT2D eigenvalue weighted by Crippen LogP contribution is 2.35. The van der Waals surface area contributed by atoms with Gasteiger partial charge in [0.25, 0.3) is 0 Å². The summed E-state index contributed by atoms with van der Waals surface area (Å²) >= 11 is 0. The average Bonchev–Trinajstić information content (AvgIpc) is 3.07. The van der Waals surface area contributed by atoms with Gasteiger partial charge in [0.15, 0.2) is 5.82 Å². The van der Waals surface area contributed by atoms with E-state index < -0.39 is 0 Å². The average molecular weight is 345 g/mol. The van der Waals surface area contributed by atoms with Crippen molar-refractivity contribution in [1.29, 1.82) is 0 Å². The number of benzene rings is 1. The molecular weight excluding hydrogens is 322 g/mol. The minimum atomic E-state index is 0.433. The van der Waals surface area contributed by atoms with E-state index >= 15 is 0 Å². The number of anilines is 2. The molecule has 0 radical (unpaired) electrons. The van der Waals surface area contributed by atoms with Crippen LogP contribution in [-0.4, -0.2) is 41.1 Å². The first-order valence-corrected chi connectivity index (χ1v) is 9.44. The van der Waals surface area contributed by atoms with Crippen molar-refractivity contribution >= 4 is 22.5 Å². The van der Waals surface area contributed by atoms with Gasteiger partial charge in [-0.2, -0.15) is 0 Å². The number of hydrogen-bond donors (Lipinski definition) is 0. The van der Waals surface area contributed by atoms with Gasteiger partial charge in [-0.15, -0.1) is 0 Å². The fourth-order valence-electron chi connectivity index (χ4n) is 4.07. The molecule has 2 saturated heterocycles. The van der Waals surface area contributed by atoms with Crippen molar-refractivity contribution in [2.45, 2.75) is 19.3 Å². The fraction of sp³-hybridized carbons (Fsp3) is 0.381. The van der Waals surface area contributed by atoms with Gasteiger partial charge >= 0.3 is 0 Å². The van der Waals surface area contributed by atoms with Crippen molar-refractivity contribution in [1.82, 2.24) is 15.0 Å². The fourth-order valence-corrected chi connectivity index (χ4v) is 4.07. The number of hydrogen-bond acceptors (Lipinski definition) is 5. The van der Waals surface area contributed by atoms with E-state index in [2.05, 4.69) is 52.0 Å². The van der Waals surface area contributed by atoms with Crippen molar-refractivity contribution in [2.24, 2.45) is 5.92 Å². The summed E-state index contributed by atoms with van der Waals surface area (Å²) in [4.78, 5) is 18.9. The smallest absolute Gasteiger partial charge is 0.150 e. The monoisotopic (exact) mass is 345 g/mol. The standard InChI is InChI=1S/C21H23N5/c1-15-8-11-25(12-15)21-20(22-9-10-23-21)17-13-26(14-17)19-7-6-16-4-2-3-5-18(16)24-19/h2-7,9-10,15,17H,8,11-14H2,1H3. The maximum atomic E-state index is 4.81. The topological polar surface area (TPSA) is 45.2 Å². The van der Waals surface area contributed by atoms with Crippen LogP contribution in [0.1, 0.15) is 25.0 Å². The zero-order valence-corrected chi connectivity index (χ0v) is 15.0. The molecule has 1 aromatic carbocycles. The number of rotatable bonds is 3. The molecule has 2 aromatic heterocycles. The van der Waals surface area contributed by atoms with E-state index in [4.69, 9.17) is 9.97 Å². The molecule has 4 heterocycles. The molecule has 5 nitrogen and oxygen atoms in total. The third kappa shape index (κ3) is 2.68. The Morgan fingerprint density at radius 3 is 2.62 bits per heavy atom. The largest absolute Gasteiger partial charge is 0.355 e. The number of fused-ring (bicyclic) bond motifs is 1. The van der Waals surface area contributed by atoms with Gasteiger partial charge in [-0.3, -0.25) is 4.98 Å². The SMILES string of the molecule is CC1CCN(c2nccnc2C2CN(c3ccc4ccccc4n3)C2)C1. The zero-order chi connectivity index (χ0) is 17.5. The number of nitrogens with zero attached hydrogens (tertiary/aromatic N) is 5. The molecule has 0 saturated carbocycles. The molecule has 0 spiro atoms. The van der Waals surface area contributed by atoms with Crippen molar-refractivity contribution in [3.05, 3.63) is 54.5 Å². The summed E-state index contributed by atoms with van der Waals surface area (Å²) in [6, 6.07) is 12.6. The van der Waals surface area contributed by atoms with Gasteiger partial charge in [0.1, 0.15) is 5.82 Å². The molecular formula is C21H23N5. The van der Waals surface area contributed by atoms with Crippen LogP contribution in [0, 0.1) is 5.92 Å². The van der Waals surface area contributed by atoms with Crippen LogP contribution in [0.5, 0.6) is 0 Å². The first kappa shape index (κ1) is 15.6. The van der Waals surface area contributed by atoms with Gasteiger partial charge in [-0.05, 0) is 30.5 Å². The number of pyridine rings is 1. The Balaban J connectivity index is 1.35. The molecule has 3 aromatic rings. The van der Waals surface area contributed by atoms with Crippen LogP contribution in [0.2, 0.25) is 0 Å². The van der Waals surface area contributed by atoms with Crippen molar-refractivity contribution in [3.63, 3.8) is 0 Å². The molecule has 0 aliphatic carbocycles. The molecule has 26 heavy (non-hydrogen) atoms. The first-order chi connectivity index (χ1) is 12.8. The summed E-state index contributed by atoms with van der Waals surface area (Å²) in [5.74, 6) is 3.32. The van der Waals surface area contributed by atoms with E-state index in [9.17, 15) is 0 Å². The predicted octanol–water partition coefficient (Wildman–Crippen LogP) is 3.47. The van der Waals surface area contributed by atoms with Gasteiger partial charge in [0, 0.05) is 49.9 Å². The minimum Gasteiger partial charge on any atom is -0.355 e. The Kier molecular flexibility index (Phi) is 3.73. The van der Waals surface area contributed by atoms with E-state index in [-0.39, 0.29) is 0 Å². The van der Waals surface area contributed by atoms with Crippen LogP contribution >= 0.6 is 0 Å². The Bertz CT molecular complexity index is 934. The maximum Gasteiger partial charge on any atom is 0.150 e. The lowest BCUT2D eigenvalue weighted by molar-refractivity contribution is 0.507. The van der Waals surface area contributed by atoms with Crippen LogP contribution in [0.15, 0.2) is 48.8 Å². The second-order valence-electron chi connectivity index (χ2n) is 7.57. The quantitative estimate of drug-likeness (QED) is 0.727. The number of para-hydroxylation sites is 1. The molecule has 0 amide bonds. The van der Waals surface area contributed by atoms with Gasteiger partial charge in [-0.25, -0.2) is 9.97 Å². The Hall–Kier alpha value is -2.69. The van der Waals surface area contributed by atoms with Crippen LogP contribution in [0.4, 0.5) is 11.6 Å². The summed E-state index contributed by atoms with van der Waals surface area (Å²) < 4.78 is 0. The van der Waals surface area contributed by atoms with Crippen molar-refractivity contribution < 1.29 is 0 Å². The van der Waals surface area contributed by atoms with E-state index in [0.717, 1.165) is 54.9 Å². The lowest BCUT2D eigenvalue weighted by Crippen LogP contribution is -2.46. The first-order valence-electron chi connectivity index (χ1n) is 9.44. The molecule has 0 N–H and O–H groups in total. The highest BCUT2D eigenvalue weighted by Gasteiger charge is 2.34. The summed E-state index contributed by atoms with van der Waals surface area (Å²) in [6.07, 6.45) is 4.90. The van der Waals surface area contributed by atoms with E-state index in [1.165, 1.54) is 11.8 Å². The normalized spacial score (nSPS) is 20.6. The van der Waals surface area contributed by atoms with Gasteiger partial charge in [0.05, 0.1) is 11.2 Å². The third-order valence-electron chi connectivity index (χ3n) is 5.61. The zero-order valence-electron chi connectivity index (χ0n) is 15.0. The van der Waals surface area contributed by atoms with Crippen molar-refractivity contribution in [2.75, 3.05) is 36.0 Å². The van der Waals surface area contributed by atoms with Crippen LogP contribution in [-0.2, 0) is 0 Å². The Morgan fingerprint density at radius 1 is 0.923 bits per heavy atom. The van der Waals surface area contributed by atoms with Crippen LogP contribution < -0.4 is 9.80 Å². The second-order valence-corrected chi connectivity index (χ2v) is 7.57. The van der Waals surface area contributed by atoms with E-state index in [1.807, 2.05) is 18.5 Å². The van der Waals surface area contributed by atoms with Crippen molar-refractivity contribution in [3.8, 4) is 0 Å². The molecule has 5 heteroatoms. The minimum absolute atomic E-state index is 0.433. The van der Waals surface area contributed by atoms with Crippen LogP contribution in [0.25, 0.3) is 10.9 Å². The van der Waals surface area contributed by atoms with E-state index in [0.29, 0.717) is 5.92 Å². The highest BCUT2D eigenvalue weighted by atomic mass is 15.3. The third-order valence-corrected chi connectivity index (χ3v) is 5.61. The predicted molar refractivity (Wildman–Crippen MR) is 105 cm³/mol. The van der Waals surface area contributed by atoms with E-state index in [1.54, 1.807) is 0 Å². The lowest BCUT2D eigenvalue weighted by atomic mass is 9.95. The molecule has 2 fully saturated rings. The summed E-state index contributed by atoms with van der Waals surface area (Å²) in [5.41, 5.74) is 2.21. The molecule has 0 bridgehead atoms. The molecule has 5 rings (SSSR count). The highest BCUT2D eigenvalue weighted by molar-refractivity contribution is 5.80. The second kappa shape index (κ2) is 6.24. The molecule has 1 atom stereocenters. The summed E-state index contributed by atoms with van der Waals surface area (Å²) in [5, 5.41) is 1.19. The summed E-state index contributed by atoms with van der Waals surface area (Å²) in [6.45, 7) is 6.41. The Labute approximate surface area is 153 Å². The molecule has 132 valence electrons. The van der Waals surface area contributed by atoms with Gasteiger partial charge < -0.3 is 9.80 Å².